The first-order valence-corrected chi connectivity index (χ1v) is 4.54. The molecule has 1 amide bonds. The molecule has 0 aromatic rings. The predicted octanol–water partition coefficient (Wildman–Crippen LogP) is 1.08. The molecule has 0 aromatic heterocycles. The van der Waals surface area contributed by atoms with Gasteiger partial charge in [0.2, 0.25) is 0 Å². The van der Waals surface area contributed by atoms with Gasteiger partial charge in [-0.15, -0.1) is 0 Å². The third kappa shape index (κ3) is 2.56. The number of halogens is 1. The van der Waals surface area contributed by atoms with E-state index in [0.717, 1.165) is 6.42 Å². The highest BCUT2D eigenvalue weighted by molar-refractivity contribution is 6.62. The van der Waals surface area contributed by atoms with Crippen LogP contribution in [0.4, 0.5) is 4.79 Å². The SMILES string of the molecule is COC[C@@H]1C[C@@H](OC)CN1C(=O)Cl. The van der Waals surface area contributed by atoms with E-state index in [1.165, 1.54) is 0 Å². The van der Waals surface area contributed by atoms with E-state index in [2.05, 4.69) is 0 Å². The maximum absolute atomic E-state index is 11.0. The number of hydrogen-bond acceptors (Lipinski definition) is 3. The molecule has 5 heteroatoms. The summed E-state index contributed by atoms with van der Waals surface area (Å²) in [6.07, 6.45) is 0.880. The zero-order chi connectivity index (χ0) is 9.84. The Bertz CT molecular complexity index is 188. The Labute approximate surface area is 82.7 Å². The zero-order valence-corrected chi connectivity index (χ0v) is 8.58. The van der Waals surface area contributed by atoms with Crippen molar-refractivity contribution < 1.29 is 14.3 Å². The summed E-state index contributed by atoms with van der Waals surface area (Å²) in [7, 11) is 3.24. The predicted molar refractivity (Wildman–Crippen MR) is 49.0 cm³/mol. The van der Waals surface area contributed by atoms with Gasteiger partial charge in [0, 0.05) is 20.8 Å². The van der Waals surface area contributed by atoms with Crippen molar-refractivity contribution in [3.05, 3.63) is 0 Å². The van der Waals surface area contributed by atoms with Crippen LogP contribution in [0, 0.1) is 0 Å². The fourth-order valence-electron chi connectivity index (χ4n) is 1.61. The second-order valence-corrected chi connectivity index (χ2v) is 3.43. The average Bonchev–Trinajstić information content (AvgIpc) is 2.48. The number of carbonyl (C=O) groups excluding carboxylic acids is 1. The van der Waals surface area contributed by atoms with Crippen molar-refractivity contribution in [1.29, 1.82) is 0 Å². The van der Waals surface area contributed by atoms with Crippen molar-refractivity contribution in [2.45, 2.75) is 18.6 Å². The minimum absolute atomic E-state index is 0.0555. The lowest BCUT2D eigenvalue weighted by Gasteiger charge is -2.20. The molecule has 13 heavy (non-hydrogen) atoms. The van der Waals surface area contributed by atoms with Crippen LogP contribution in [-0.2, 0) is 9.47 Å². The molecule has 0 aromatic carbocycles. The van der Waals surface area contributed by atoms with Crippen LogP contribution in [0.1, 0.15) is 6.42 Å². The normalized spacial score (nSPS) is 28.1. The first-order chi connectivity index (χ1) is 6.19. The van der Waals surface area contributed by atoms with Crippen molar-refractivity contribution >= 4 is 17.0 Å². The summed E-state index contributed by atoms with van der Waals surface area (Å²) in [6.45, 7) is 1.07. The Morgan fingerprint density at radius 1 is 1.62 bits per heavy atom. The standard InChI is InChI=1S/C8H14ClNO3/c1-12-5-6-3-7(13-2)4-10(6)8(9)11/h6-7H,3-5H2,1-2H3/t6-,7+/m0/s1. The van der Waals surface area contributed by atoms with E-state index in [9.17, 15) is 4.79 Å². The van der Waals surface area contributed by atoms with E-state index in [0.29, 0.717) is 13.2 Å². The maximum atomic E-state index is 11.0. The molecule has 1 aliphatic heterocycles. The number of hydrogen-bond donors (Lipinski definition) is 0. The van der Waals surface area contributed by atoms with Crippen molar-refractivity contribution in [1.82, 2.24) is 4.90 Å². The quantitative estimate of drug-likeness (QED) is 0.514. The molecule has 1 heterocycles. The number of likely N-dealkylation sites (tertiary alicyclic amines) is 1. The van der Waals surface area contributed by atoms with Crippen molar-refractivity contribution in [3.63, 3.8) is 0 Å². The molecule has 0 aliphatic carbocycles. The second kappa shape index (κ2) is 4.79. The fourth-order valence-corrected chi connectivity index (χ4v) is 1.82. The smallest absolute Gasteiger partial charge is 0.316 e. The molecule has 0 bridgehead atoms. The van der Waals surface area contributed by atoms with Gasteiger partial charge in [-0.1, -0.05) is 0 Å². The Kier molecular flexibility index (Phi) is 3.96. The van der Waals surface area contributed by atoms with Gasteiger partial charge in [0.1, 0.15) is 0 Å². The molecule has 2 atom stereocenters. The van der Waals surface area contributed by atoms with E-state index in [1.807, 2.05) is 0 Å². The van der Waals surface area contributed by atoms with Gasteiger partial charge in [-0.2, -0.15) is 0 Å². The summed E-state index contributed by atoms with van der Waals surface area (Å²) in [6, 6.07) is 0.0555. The highest BCUT2D eigenvalue weighted by Gasteiger charge is 2.34. The van der Waals surface area contributed by atoms with Crippen LogP contribution in [0.25, 0.3) is 0 Å². The average molecular weight is 208 g/mol. The zero-order valence-electron chi connectivity index (χ0n) is 7.83. The monoisotopic (exact) mass is 207 g/mol. The van der Waals surface area contributed by atoms with Gasteiger partial charge in [0.05, 0.1) is 18.8 Å². The number of methoxy groups -OCH3 is 2. The summed E-state index contributed by atoms with van der Waals surface area (Å²) in [5.74, 6) is 0. The number of amides is 1. The maximum Gasteiger partial charge on any atom is 0.316 e. The van der Waals surface area contributed by atoms with Crippen molar-refractivity contribution in [2.24, 2.45) is 0 Å². The molecule has 1 rings (SSSR count). The van der Waals surface area contributed by atoms with E-state index in [1.54, 1.807) is 19.1 Å². The molecule has 0 saturated carbocycles. The van der Waals surface area contributed by atoms with Crippen molar-refractivity contribution in [3.8, 4) is 0 Å². The first-order valence-electron chi connectivity index (χ1n) is 4.17. The Morgan fingerprint density at radius 3 is 2.77 bits per heavy atom. The third-order valence-corrected chi connectivity index (χ3v) is 2.51. The van der Waals surface area contributed by atoms with Crippen LogP contribution in [0.15, 0.2) is 0 Å². The molecule has 0 N–H and O–H groups in total. The van der Waals surface area contributed by atoms with E-state index in [-0.39, 0.29) is 12.1 Å². The summed E-state index contributed by atoms with van der Waals surface area (Å²) in [5, 5.41) is -0.429. The summed E-state index contributed by atoms with van der Waals surface area (Å²) in [4.78, 5) is 12.6. The van der Waals surface area contributed by atoms with Crippen LogP contribution < -0.4 is 0 Å². The highest BCUT2D eigenvalue weighted by atomic mass is 35.5. The Morgan fingerprint density at radius 2 is 2.31 bits per heavy atom. The molecular formula is C8H14ClNO3. The van der Waals surface area contributed by atoms with Gasteiger partial charge < -0.3 is 14.4 Å². The second-order valence-electron chi connectivity index (χ2n) is 3.11. The molecule has 4 nitrogen and oxygen atoms in total. The first kappa shape index (κ1) is 10.8. The molecule has 76 valence electrons. The number of rotatable bonds is 3. The summed E-state index contributed by atoms with van der Waals surface area (Å²) in [5.41, 5.74) is 0. The van der Waals surface area contributed by atoms with Gasteiger partial charge in [-0.3, -0.25) is 4.79 Å². The van der Waals surface area contributed by atoms with Gasteiger partial charge in [-0.25, -0.2) is 0 Å². The number of nitrogens with zero attached hydrogens (tertiary/aromatic N) is 1. The van der Waals surface area contributed by atoms with Crippen LogP contribution in [-0.4, -0.2) is 49.8 Å². The largest absolute Gasteiger partial charge is 0.383 e. The molecule has 0 unspecified atom stereocenters. The minimum Gasteiger partial charge on any atom is -0.383 e. The van der Waals surface area contributed by atoms with Crippen LogP contribution >= 0.6 is 11.6 Å². The molecule has 0 radical (unpaired) electrons. The molecule has 0 spiro atoms. The summed E-state index contributed by atoms with van der Waals surface area (Å²) >= 11 is 5.41. The molecular weight excluding hydrogens is 194 g/mol. The van der Waals surface area contributed by atoms with Gasteiger partial charge in [0.25, 0.3) is 0 Å². The fraction of sp³-hybridized carbons (Fsp3) is 0.875. The van der Waals surface area contributed by atoms with E-state index < -0.39 is 5.37 Å². The van der Waals surface area contributed by atoms with E-state index >= 15 is 0 Å². The lowest BCUT2D eigenvalue weighted by Crippen LogP contribution is -2.34. The van der Waals surface area contributed by atoms with Crippen molar-refractivity contribution in [2.75, 3.05) is 27.4 Å². The van der Waals surface area contributed by atoms with Crippen LogP contribution in [0.5, 0.6) is 0 Å². The van der Waals surface area contributed by atoms with Crippen LogP contribution in [0.3, 0.4) is 0 Å². The summed E-state index contributed by atoms with van der Waals surface area (Å²) < 4.78 is 10.2. The Hall–Kier alpha value is -0.320. The topological polar surface area (TPSA) is 38.8 Å². The highest BCUT2D eigenvalue weighted by Crippen LogP contribution is 2.21. The Balaban J connectivity index is 2.54. The van der Waals surface area contributed by atoms with Gasteiger partial charge >= 0.3 is 5.37 Å². The number of ether oxygens (including phenoxy) is 2. The van der Waals surface area contributed by atoms with Gasteiger partial charge in [0.15, 0.2) is 0 Å². The molecule has 1 aliphatic rings. The lowest BCUT2D eigenvalue weighted by molar-refractivity contribution is 0.110. The molecule has 1 fully saturated rings. The van der Waals surface area contributed by atoms with Gasteiger partial charge in [-0.05, 0) is 18.0 Å². The lowest BCUT2D eigenvalue weighted by atomic mass is 10.2. The third-order valence-electron chi connectivity index (χ3n) is 2.29. The number of carbonyl (C=O) groups is 1. The van der Waals surface area contributed by atoms with Crippen LogP contribution in [0.2, 0.25) is 0 Å². The molecule has 1 saturated heterocycles. The van der Waals surface area contributed by atoms with E-state index in [4.69, 9.17) is 21.1 Å². The minimum atomic E-state index is -0.429.